The number of allylic oxidation sites excluding steroid dienone is 2. The van der Waals surface area contributed by atoms with Crippen LogP contribution in [0, 0.1) is 0 Å². The Morgan fingerprint density at radius 3 is 1.62 bits per heavy atom. The third-order valence-corrected chi connectivity index (χ3v) is 3.75. The molecule has 0 saturated heterocycles. The maximum Gasteiger partial charge on any atom is 0.123 e. The summed E-state index contributed by atoms with van der Waals surface area (Å²) in [5.74, 6) is 3.06. The molecule has 0 fully saturated rings. The molecule has 0 aromatic heterocycles. The number of hydrogen-bond acceptors (Lipinski definition) is 2. The summed E-state index contributed by atoms with van der Waals surface area (Å²) in [4.78, 5) is 0. The van der Waals surface area contributed by atoms with Crippen LogP contribution < -0.4 is 9.47 Å². The van der Waals surface area contributed by atoms with Crippen LogP contribution >= 0.6 is 0 Å². The third-order valence-electron chi connectivity index (χ3n) is 3.75. The first-order valence-corrected chi connectivity index (χ1v) is 5.78. The lowest BCUT2D eigenvalue weighted by atomic mass is 9.71. The zero-order valence-corrected chi connectivity index (χ0v) is 9.69. The minimum Gasteiger partial charge on any atom is -0.496 e. The molecule has 2 nitrogen and oxygen atoms in total. The Kier molecular flexibility index (Phi) is 2.16. The number of fused-ring (bicyclic) bond motifs is 1. The van der Waals surface area contributed by atoms with Crippen molar-refractivity contribution in [2.24, 2.45) is 0 Å². The Balaban J connectivity index is 2.24. The summed E-state index contributed by atoms with van der Waals surface area (Å²) in [5, 5.41) is 0. The molecular weight excluding hydrogens is 200 g/mol. The predicted octanol–water partition coefficient (Wildman–Crippen LogP) is 3.23. The molecule has 2 bridgehead atoms. The average molecular weight is 216 g/mol. The van der Waals surface area contributed by atoms with Crippen molar-refractivity contribution in [2.45, 2.75) is 24.7 Å². The van der Waals surface area contributed by atoms with Crippen molar-refractivity contribution >= 4 is 0 Å². The van der Waals surface area contributed by atoms with Crippen molar-refractivity contribution in [1.29, 1.82) is 0 Å². The van der Waals surface area contributed by atoms with Crippen LogP contribution in [0.3, 0.4) is 0 Å². The molecule has 0 unspecified atom stereocenters. The molecule has 3 aliphatic carbocycles. The molecule has 2 atom stereocenters. The molecule has 0 spiro atoms. The van der Waals surface area contributed by atoms with Gasteiger partial charge in [0.1, 0.15) is 11.5 Å². The molecule has 0 aliphatic heterocycles. The minimum absolute atomic E-state index is 0.519. The lowest BCUT2D eigenvalue weighted by Gasteiger charge is -2.35. The largest absolute Gasteiger partial charge is 0.496 e. The van der Waals surface area contributed by atoms with E-state index in [1.165, 1.54) is 24.0 Å². The highest BCUT2D eigenvalue weighted by Gasteiger charge is 2.33. The van der Waals surface area contributed by atoms with Crippen LogP contribution in [0.5, 0.6) is 11.5 Å². The number of hydrogen-bond donors (Lipinski definition) is 0. The molecule has 0 radical (unpaired) electrons. The van der Waals surface area contributed by atoms with Crippen molar-refractivity contribution in [1.82, 2.24) is 0 Å². The fraction of sp³-hybridized carbons (Fsp3) is 0.429. The minimum atomic E-state index is 0.519. The summed E-state index contributed by atoms with van der Waals surface area (Å²) < 4.78 is 11.0. The Bertz CT molecular complexity index is 407. The van der Waals surface area contributed by atoms with Crippen molar-refractivity contribution in [3.63, 3.8) is 0 Å². The van der Waals surface area contributed by atoms with Crippen molar-refractivity contribution in [2.75, 3.05) is 14.2 Å². The fourth-order valence-corrected chi connectivity index (χ4v) is 3.02. The molecule has 2 heteroatoms. The van der Waals surface area contributed by atoms with Crippen molar-refractivity contribution in [3.8, 4) is 11.5 Å². The van der Waals surface area contributed by atoms with E-state index in [-0.39, 0.29) is 0 Å². The Hall–Kier alpha value is -1.44. The van der Waals surface area contributed by atoms with Crippen LogP contribution in [0.2, 0.25) is 0 Å². The van der Waals surface area contributed by atoms with Crippen LogP contribution in [0.15, 0.2) is 24.3 Å². The average Bonchev–Trinajstić information content (AvgIpc) is 2.38. The highest BCUT2D eigenvalue weighted by atomic mass is 16.5. The van der Waals surface area contributed by atoms with E-state index in [0.29, 0.717) is 11.8 Å². The van der Waals surface area contributed by atoms with Gasteiger partial charge >= 0.3 is 0 Å². The standard InChI is InChI=1S/C14H16O2/c1-15-11-7-8-12(16-2)14-10-5-3-9(4-6-10)13(11)14/h3,5,7-10H,4,6H2,1-2H3/t9-,10+. The molecule has 1 aromatic rings. The number of benzene rings is 1. The second kappa shape index (κ2) is 3.55. The first-order chi connectivity index (χ1) is 7.85. The van der Waals surface area contributed by atoms with E-state index in [1.54, 1.807) is 14.2 Å². The Morgan fingerprint density at radius 2 is 1.31 bits per heavy atom. The molecule has 4 rings (SSSR count). The van der Waals surface area contributed by atoms with E-state index in [1.807, 2.05) is 12.1 Å². The van der Waals surface area contributed by atoms with Crippen LogP contribution in [0.4, 0.5) is 0 Å². The molecule has 84 valence electrons. The SMILES string of the molecule is COc1ccc(OC)c2c1[C@@H]1C=C[C@H]2CC1. The van der Waals surface area contributed by atoms with Gasteiger partial charge in [0.2, 0.25) is 0 Å². The van der Waals surface area contributed by atoms with Crippen LogP contribution in [0.25, 0.3) is 0 Å². The maximum atomic E-state index is 5.48. The normalized spacial score (nSPS) is 25.4. The number of rotatable bonds is 2. The molecule has 3 aliphatic rings. The van der Waals surface area contributed by atoms with Gasteiger partial charge in [0.25, 0.3) is 0 Å². The highest BCUT2D eigenvalue weighted by molar-refractivity contribution is 5.58. The molecule has 0 saturated carbocycles. The van der Waals surface area contributed by atoms with Gasteiger partial charge in [0.05, 0.1) is 14.2 Å². The Morgan fingerprint density at radius 1 is 0.875 bits per heavy atom. The highest BCUT2D eigenvalue weighted by Crippen LogP contribution is 2.51. The van der Waals surface area contributed by atoms with Crippen LogP contribution in [-0.2, 0) is 0 Å². The van der Waals surface area contributed by atoms with Gasteiger partial charge in [0, 0.05) is 23.0 Å². The van der Waals surface area contributed by atoms with Gasteiger partial charge in [-0.25, -0.2) is 0 Å². The second-order valence-corrected chi connectivity index (χ2v) is 4.47. The summed E-state index contributed by atoms with van der Waals surface area (Å²) in [6.45, 7) is 0. The lowest BCUT2D eigenvalue weighted by molar-refractivity contribution is 0.379. The van der Waals surface area contributed by atoms with E-state index in [4.69, 9.17) is 9.47 Å². The quantitative estimate of drug-likeness (QED) is 0.706. The van der Waals surface area contributed by atoms with Crippen molar-refractivity contribution in [3.05, 3.63) is 35.4 Å². The van der Waals surface area contributed by atoms with Gasteiger partial charge in [0.15, 0.2) is 0 Å². The van der Waals surface area contributed by atoms with Gasteiger partial charge in [-0.05, 0) is 25.0 Å². The smallest absolute Gasteiger partial charge is 0.123 e. The van der Waals surface area contributed by atoms with E-state index in [0.717, 1.165) is 11.5 Å². The van der Waals surface area contributed by atoms with E-state index in [2.05, 4.69) is 12.2 Å². The third kappa shape index (κ3) is 1.19. The van der Waals surface area contributed by atoms with Crippen LogP contribution in [-0.4, -0.2) is 14.2 Å². The Labute approximate surface area is 95.9 Å². The molecule has 16 heavy (non-hydrogen) atoms. The van der Waals surface area contributed by atoms with Crippen LogP contribution in [0.1, 0.15) is 35.8 Å². The second-order valence-electron chi connectivity index (χ2n) is 4.47. The molecule has 0 heterocycles. The fourth-order valence-electron chi connectivity index (χ4n) is 3.02. The first kappa shape index (κ1) is 9.76. The maximum absolute atomic E-state index is 5.48. The van der Waals surface area contributed by atoms with Gasteiger partial charge in [-0.1, -0.05) is 12.2 Å². The molecule has 0 N–H and O–H groups in total. The van der Waals surface area contributed by atoms with Gasteiger partial charge in [-0.3, -0.25) is 0 Å². The summed E-state index contributed by atoms with van der Waals surface area (Å²) in [6.07, 6.45) is 7.10. The topological polar surface area (TPSA) is 18.5 Å². The summed E-state index contributed by atoms with van der Waals surface area (Å²) in [5.41, 5.74) is 2.70. The summed E-state index contributed by atoms with van der Waals surface area (Å²) in [6, 6.07) is 4.04. The number of ether oxygens (including phenoxy) is 2. The molecule has 1 aromatic carbocycles. The van der Waals surface area contributed by atoms with E-state index in [9.17, 15) is 0 Å². The van der Waals surface area contributed by atoms with Gasteiger partial charge in [-0.15, -0.1) is 0 Å². The van der Waals surface area contributed by atoms with Crippen molar-refractivity contribution < 1.29 is 9.47 Å². The zero-order chi connectivity index (χ0) is 11.1. The predicted molar refractivity (Wildman–Crippen MR) is 63.4 cm³/mol. The zero-order valence-electron chi connectivity index (χ0n) is 9.69. The summed E-state index contributed by atoms with van der Waals surface area (Å²) >= 11 is 0. The first-order valence-electron chi connectivity index (χ1n) is 5.78. The monoisotopic (exact) mass is 216 g/mol. The van der Waals surface area contributed by atoms with E-state index >= 15 is 0 Å². The summed E-state index contributed by atoms with van der Waals surface area (Å²) in [7, 11) is 3.49. The number of methoxy groups -OCH3 is 2. The molecule has 0 amide bonds. The van der Waals surface area contributed by atoms with Gasteiger partial charge in [-0.2, -0.15) is 0 Å². The lowest BCUT2D eigenvalue weighted by Crippen LogP contribution is -2.18. The van der Waals surface area contributed by atoms with E-state index < -0.39 is 0 Å². The molecular formula is C14H16O2. The van der Waals surface area contributed by atoms with Gasteiger partial charge < -0.3 is 9.47 Å².